The summed E-state index contributed by atoms with van der Waals surface area (Å²) in [5.41, 5.74) is 2.18. The Labute approximate surface area is 169 Å². The van der Waals surface area contributed by atoms with Crippen molar-refractivity contribution in [2.45, 2.75) is 26.9 Å². The Balaban J connectivity index is 1.69. The lowest BCUT2D eigenvalue weighted by Crippen LogP contribution is -2.21. The van der Waals surface area contributed by atoms with Crippen LogP contribution in [0.15, 0.2) is 36.5 Å². The van der Waals surface area contributed by atoms with Crippen LogP contribution in [0.4, 0.5) is 5.13 Å². The number of nitrogens with zero attached hydrogens (tertiary/aromatic N) is 4. The second-order valence-electron chi connectivity index (χ2n) is 6.19. The summed E-state index contributed by atoms with van der Waals surface area (Å²) in [5, 5.41) is 14.0. The summed E-state index contributed by atoms with van der Waals surface area (Å²) in [4.78, 5) is 2.21. The average molecular weight is 402 g/mol. The summed E-state index contributed by atoms with van der Waals surface area (Å²) in [7, 11) is 3.35. The summed E-state index contributed by atoms with van der Waals surface area (Å²) in [5.74, 6) is 1.66. The van der Waals surface area contributed by atoms with Crippen molar-refractivity contribution in [2.75, 3.05) is 32.2 Å². The molecule has 7 nitrogen and oxygen atoms in total. The zero-order valence-electron chi connectivity index (χ0n) is 16.8. The van der Waals surface area contributed by atoms with Crippen LogP contribution in [0.25, 0.3) is 5.13 Å². The largest absolute Gasteiger partial charge is 0.497 e. The Morgan fingerprint density at radius 2 is 1.89 bits per heavy atom. The van der Waals surface area contributed by atoms with Gasteiger partial charge in [-0.2, -0.15) is 0 Å². The number of benzene rings is 1. The van der Waals surface area contributed by atoms with Gasteiger partial charge in [0.1, 0.15) is 11.5 Å². The van der Waals surface area contributed by atoms with E-state index in [0.717, 1.165) is 46.1 Å². The first-order chi connectivity index (χ1) is 13.7. The molecule has 0 amide bonds. The monoisotopic (exact) mass is 401 g/mol. The molecule has 0 aliphatic heterocycles. The smallest absolute Gasteiger partial charge is 0.218 e. The minimum atomic E-state index is 0.673. The summed E-state index contributed by atoms with van der Waals surface area (Å²) < 4.78 is 12.9. The third-order valence-corrected chi connectivity index (χ3v) is 5.57. The second kappa shape index (κ2) is 9.57. The molecule has 1 N–H and O–H groups in total. The number of rotatable bonds is 10. The fraction of sp³-hybridized carbons (Fsp3) is 0.400. The number of hydrogen-bond acceptors (Lipinski definition) is 7. The quantitative estimate of drug-likeness (QED) is 0.561. The first kappa shape index (κ1) is 20.2. The van der Waals surface area contributed by atoms with Crippen LogP contribution in [0.5, 0.6) is 11.5 Å². The fourth-order valence-electron chi connectivity index (χ4n) is 3.02. The Morgan fingerprint density at radius 1 is 1.07 bits per heavy atom. The van der Waals surface area contributed by atoms with Gasteiger partial charge in [0.05, 0.1) is 14.2 Å². The lowest BCUT2D eigenvalue weighted by molar-refractivity contribution is 0.397. The van der Waals surface area contributed by atoms with E-state index in [1.165, 1.54) is 0 Å². The molecule has 0 saturated heterocycles. The van der Waals surface area contributed by atoms with Crippen LogP contribution in [-0.4, -0.2) is 42.1 Å². The molecular weight excluding hydrogens is 374 g/mol. The van der Waals surface area contributed by atoms with E-state index < -0.39 is 0 Å². The molecule has 0 fully saturated rings. The lowest BCUT2D eigenvalue weighted by Gasteiger charge is -2.15. The molecule has 3 aromatic rings. The highest BCUT2D eigenvalue weighted by Gasteiger charge is 2.13. The molecule has 3 rings (SSSR count). The standard InChI is InChI=1S/C20H27N5O2S/c1-5-24(6-2)19-22-23-20(28-19)25-11-7-8-16(25)14-21-13-15-12-17(26-3)9-10-18(15)27-4/h7-12,21H,5-6,13-14H2,1-4H3. The van der Waals surface area contributed by atoms with E-state index in [0.29, 0.717) is 13.1 Å². The number of methoxy groups -OCH3 is 2. The predicted molar refractivity (Wildman–Crippen MR) is 113 cm³/mol. The molecule has 2 aromatic heterocycles. The minimum absolute atomic E-state index is 0.673. The summed E-state index contributed by atoms with van der Waals surface area (Å²) in [6, 6.07) is 9.94. The molecule has 0 spiro atoms. The molecular formula is C20H27N5O2S. The third-order valence-electron chi connectivity index (χ3n) is 4.59. The molecule has 0 unspecified atom stereocenters. The Morgan fingerprint density at radius 3 is 2.61 bits per heavy atom. The van der Waals surface area contributed by atoms with Gasteiger partial charge in [-0.25, -0.2) is 0 Å². The van der Waals surface area contributed by atoms with Gasteiger partial charge in [0, 0.05) is 43.6 Å². The van der Waals surface area contributed by atoms with Crippen LogP contribution < -0.4 is 19.7 Å². The summed E-state index contributed by atoms with van der Waals surface area (Å²) >= 11 is 1.61. The van der Waals surface area contributed by atoms with E-state index in [4.69, 9.17) is 9.47 Å². The van der Waals surface area contributed by atoms with Gasteiger partial charge in [-0.05, 0) is 44.2 Å². The van der Waals surface area contributed by atoms with Crippen LogP contribution in [0, 0.1) is 0 Å². The van der Waals surface area contributed by atoms with E-state index in [1.807, 2.05) is 30.5 Å². The summed E-state index contributed by atoms with van der Waals surface area (Å²) in [6.07, 6.45) is 2.02. The van der Waals surface area contributed by atoms with E-state index in [-0.39, 0.29) is 0 Å². The zero-order valence-corrected chi connectivity index (χ0v) is 17.6. The van der Waals surface area contributed by atoms with Crippen LogP contribution in [0.3, 0.4) is 0 Å². The van der Waals surface area contributed by atoms with Crippen molar-refractivity contribution >= 4 is 16.5 Å². The van der Waals surface area contributed by atoms with Crippen molar-refractivity contribution in [3.05, 3.63) is 47.8 Å². The lowest BCUT2D eigenvalue weighted by atomic mass is 10.2. The van der Waals surface area contributed by atoms with Crippen molar-refractivity contribution in [3.63, 3.8) is 0 Å². The third kappa shape index (κ3) is 4.45. The Hall–Kier alpha value is -2.58. The van der Waals surface area contributed by atoms with Crippen molar-refractivity contribution in [2.24, 2.45) is 0 Å². The average Bonchev–Trinajstić information content (AvgIpc) is 3.38. The highest BCUT2D eigenvalue weighted by atomic mass is 32.1. The normalized spacial score (nSPS) is 10.9. The molecule has 0 radical (unpaired) electrons. The Kier molecular flexibility index (Phi) is 6.89. The van der Waals surface area contributed by atoms with Gasteiger partial charge < -0.3 is 19.7 Å². The van der Waals surface area contributed by atoms with Gasteiger partial charge in [-0.1, -0.05) is 11.3 Å². The number of hydrogen-bond donors (Lipinski definition) is 1. The minimum Gasteiger partial charge on any atom is -0.497 e. The van der Waals surface area contributed by atoms with Gasteiger partial charge in [-0.3, -0.25) is 4.57 Å². The van der Waals surface area contributed by atoms with Gasteiger partial charge >= 0.3 is 0 Å². The molecule has 1 aromatic carbocycles. The predicted octanol–water partition coefficient (Wildman–Crippen LogP) is 3.48. The van der Waals surface area contributed by atoms with Crippen molar-refractivity contribution < 1.29 is 9.47 Å². The number of anilines is 1. The summed E-state index contributed by atoms with van der Waals surface area (Å²) in [6.45, 7) is 7.48. The van der Waals surface area contributed by atoms with E-state index in [1.54, 1.807) is 25.6 Å². The SMILES string of the molecule is CCN(CC)c1nnc(-n2cccc2CNCc2cc(OC)ccc2OC)s1. The topological polar surface area (TPSA) is 64.4 Å². The number of aromatic nitrogens is 3. The van der Waals surface area contributed by atoms with Crippen molar-refractivity contribution in [1.82, 2.24) is 20.1 Å². The molecule has 0 bridgehead atoms. The molecule has 0 saturated carbocycles. The van der Waals surface area contributed by atoms with Crippen LogP contribution in [-0.2, 0) is 13.1 Å². The van der Waals surface area contributed by atoms with E-state index in [2.05, 4.69) is 44.9 Å². The number of nitrogens with one attached hydrogen (secondary N) is 1. The van der Waals surface area contributed by atoms with Crippen LogP contribution in [0.1, 0.15) is 25.1 Å². The molecule has 8 heteroatoms. The van der Waals surface area contributed by atoms with E-state index in [9.17, 15) is 0 Å². The van der Waals surface area contributed by atoms with Crippen LogP contribution in [0.2, 0.25) is 0 Å². The maximum Gasteiger partial charge on any atom is 0.218 e. The zero-order chi connectivity index (χ0) is 19.9. The molecule has 2 heterocycles. The van der Waals surface area contributed by atoms with E-state index >= 15 is 0 Å². The maximum absolute atomic E-state index is 5.45. The fourth-order valence-corrected chi connectivity index (χ4v) is 4.01. The Bertz CT molecular complexity index is 888. The van der Waals surface area contributed by atoms with Crippen molar-refractivity contribution in [3.8, 4) is 16.6 Å². The van der Waals surface area contributed by atoms with Crippen molar-refractivity contribution in [1.29, 1.82) is 0 Å². The van der Waals surface area contributed by atoms with Gasteiger partial charge in [0.25, 0.3) is 0 Å². The van der Waals surface area contributed by atoms with Gasteiger partial charge in [-0.15, -0.1) is 10.2 Å². The maximum atomic E-state index is 5.45. The highest BCUT2D eigenvalue weighted by Crippen LogP contribution is 2.25. The first-order valence-electron chi connectivity index (χ1n) is 9.36. The first-order valence-corrected chi connectivity index (χ1v) is 10.2. The second-order valence-corrected chi connectivity index (χ2v) is 7.12. The highest BCUT2D eigenvalue weighted by molar-refractivity contribution is 7.17. The molecule has 0 aliphatic carbocycles. The molecule has 0 atom stereocenters. The molecule has 0 aliphatic rings. The molecule has 28 heavy (non-hydrogen) atoms. The van der Waals surface area contributed by atoms with Gasteiger partial charge in [0.2, 0.25) is 10.3 Å². The van der Waals surface area contributed by atoms with Gasteiger partial charge in [0.15, 0.2) is 0 Å². The van der Waals surface area contributed by atoms with Crippen LogP contribution >= 0.6 is 11.3 Å². The number of ether oxygens (including phenoxy) is 2. The molecule has 150 valence electrons.